The maximum atomic E-state index is 11.1. The molecule has 3 atom stereocenters. The van der Waals surface area contributed by atoms with Crippen LogP contribution in [-0.2, 0) is 29.8 Å². The quantitative estimate of drug-likeness (QED) is 0.0678. The van der Waals surface area contributed by atoms with Gasteiger partial charge in [-0.05, 0) is 13.3 Å². The van der Waals surface area contributed by atoms with E-state index >= 15 is 0 Å². The number of nitrogens with zero attached hydrogens (tertiary/aromatic N) is 4. The van der Waals surface area contributed by atoms with Crippen molar-refractivity contribution in [2.75, 3.05) is 25.6 Å². The molecule has 0 saturated heterocycles. The molecule has 2 heterocycles. The number of hydrogen-bond acceptors (Lipinski definition) is 10. The van der Waals surface area contributed by atoms with Gasteiger partial charge in [-0.3, -0.25) is 9.09 Å². The Bertz CT molecular complexity index is 890. The number of nitrogens with two attached hydrogens (primary N) is 1. The zero-order valence-corrected chi connectivity index (χ0v) is 26.1. The number of unbranched alkanes of at least 4 members (excludes halogenated alkanes) is 14. The summed E-state index contributed by atoms with van der Waals surface area (Å²) >= 11 is 0. The molecule has 0 aliphatic rings. The third kappa shape index (κ3) is 16.0. The Morgan fingerprint density at radius 3 is 2.05 bits per heavy atom. The van der Waals surface area contributed by atoms with Gasteiger partial charge < -0.3 is 30.7 Å². The zero-order valence-electron chi connectivity index (χ0n) is 24.9. The van der Waals surface area contributed by atoms with Gasteiger partial charge in [-0.15, -0.1) is 0 Å². The Morgan fingerprint density at radius 2 is 1.45 bits per heavy atom. The van der Waals surface area contributed by atoms with E-state index in [9.17, 15) is 4.57 Å². The highest BCUT2D eigenvalue weighted by Crippen LogP contribution is 2.17. The van der Waals surface area contributed by atoms with Gasteiger partial charge in [-0.1, -0.05) is 96.8 Å². The SMILES string of the molecule is CCCCCCCCCCCCCCCCCOCCOC(O[PH2]=O)O[C@H](C)Cn1cnc2c(N)ncnc21.N. The fourth-order valence-corrected chi connectivity index (χ4v) is 4.81. The van der Waals surface area contributed by atoms with Gasteiger partial charge in [-0.25, -0.2) is 15.0 Å². The molecule has 0 aromatic carbocycles. The van der Waals surface area contributed by atoms with Gasteiger partial charge in [0.2, 0.25) is 0 Å². The van der Waals surface area contributed by atoms with Gasteiger partial charge >= 0.3 is 0 Å². The van der Waals surface area contributed by atoms with Gasteiger partial charge in [0.05, 0.1) is 32.2 Å². The molecule has 2 rings (SSSR count). The smallest absolute Gasteiger partial charge is 0.277 e. The lowest BCUT2D eigenvalue weighted by atomic mass is 10.0. The molecular weight excluding hydrogens is 531 g/mol. The summed E-state index contributed by atoms with van der Waals surface area (Å²) in [6.07, 6.45) is 22.9. The second-order valence-corrected chi connectivity index (χ2v) is 10.7. The largest absolute Gasteiger partial charge is 0.382 e. The Morgan fingerprint density at radius 1 is 0.850 bits per heavy atom. The van der Waals surface area contributed by atoms with Crippen molar-refractivity contribution >= 4 is 25.7 Å². The topological polar surface area (TPSA) is 159 Å². The van der Waals surface area contributed by atoms with Crippen molar-refractivity contribution in [1.29, 1.82) is 0 Å². The van der Waals surface area contributed by atoms with E-state index in [1.54, 1.807) is 6.33 Å². The minimum Gasteiger partial charge on any atom is -0.382 e. The molecule has 2 aromatic rings. The third-order valence-corrected chi connectivity index (χ3v) is 7.10. The molecule has 0 aliphatic carbocycles. The van der Waals surface area contributed by atoms with E-state index in [-0.39, 0.29) is 12.3 Å². The lowest BCUT2D eigenvalue weighted by Gasteiger charge is -2.21. The van der Waals surface area contributed by atoms with Crippen molar-refractivity contribution in [3.05, 3.63) is 12.7 Å². The maximum Gasteiger partial charge on any atom is 0.277 e. The molecule has 0 spiro atoms. The summed E-state index contributed by atoms with van der Waals surface area (Å²) in [7, 11) is -1.47. The second-order valence-electron chi connectivity index (χ2n) is 10.2. The van der Waals surface area contributed by atoms with Crippen LogP contribution in [0.4, 0.5) is 5.82 Å². The predicted molar refractivity (Wildman–Crippen MR) is 162 cm³/mol. The van der Waals surface area contributed by atoms with E-state index < -0.39 is 15.2 Å². The molecule has 5 N–H and O–H groups in total. The average molecular weight is 587 g/mol. The van der Waals surface area contributed by atoms with Gasteiger partial charge in [0, 0.05) is 6.61 Å². The summed E-state index contributed by atoms with van der Waals surface area (Å²) in [4.78, 5) is 12.4. The molecule has 2 aromatic heterocycles. The molecule has 0 fully saturated rings. The monoisotopic (exact) mass is 586 g/mol. The van der Waals surface area contributed by atoms with E-state index in [2.05, 4.69) is 21.9 Å². The first-order valence-electron chi connectivity index (χ1n) is 15.0. The van der Waals surface area contributed by atoms with Crippen molar-refractivity contribution < 1.29 is 23.3 Å². The van der Waals surface area contributed by atoms with Crippen LogP contribution in [0.1, 0.15) is 110 Å². The molecule has 11 nitrogen and oxygen atoms in total. The van der Waals surface area contributed by atoms with E-state index in [4.69, 9.17) is 24.5 Å². The van der Waals surface area contributed by atoms with Crippen LogP contribution in [-0.4, -0.2) is 51.9 Å². The predicted octanol–water partition coefficient (Wildman–Crippen LogP) is 6.85. The third-order valence-electron chi connectivity index (χ3n) is 6.77. The van der Waals surface area contributed by atoms with Crippen molar-refractivity contribution in [2.24, 2.45) is 0 Å². The van der Waals surface area contributed by atoms with Gasteiger partial charge in [0.25, 0.3) is 6.48 Å². The van der Waals surface area contributed by atoms with Crippen LogP contribution in [0.15, 0.2) is 12.7 Å². The first kappa shape index (κ1) is 36.4. The first-order valence-corrected chi connectivity index (χ1v) is 15.9. The summed E-state index contributed by atoms with van der Waals surface area (Å²) in [6, 6.07) is 0. The summed E-state index contributed by atoms with van der Waals surface area (Å²) in [5, 5.41) is 0. The van der Waals surface area contributed by atoms with Crippen LogP contribution in [0.2, 0.25) is 0 Å². The summed E-state index contributed by atoms with van der Waals surface area (Å²) in [5.41, 5.74) is 7.01. The van der Waals surface area contributed by atoms with E-state index in [0.717, 1.165) is 13.0 Å². The van der Waals surface area contributed by atoms with E-state index in [1.807, 2.05) is 11.5 Å². The van der Waals surface area contributed by atoms with Crippen LogP contribution in [0.3, 0.4) is 0 Å². The van der Waals surface area contributed by atoms with Gasteiger partial charge in [0.1, 0.15) is 11.8 Å². The number of aromatic nitrogens is 4. The summed E-state index contributed by atoms with van der Waals surface area (Å²) in [5.74, 6) is 0.330. The average Bonchev–Trinajstić information content (AvgIpc) is 3.33. The molecule has 0 aliphatic heterocycles. The lowest BCUT2D eigenvalue weighted by molar-refractivity contribution is -0.265. The molecule has 40 heavy (non-hydrogen) atoms. The molecule has 0 saturated carbocycles. The van der Waals surface area contributed by atoms with Crippen molar-refractivity contribution in [1.82, 2.24) is 25.7 Å². The standard InChI is InChI=1S/C28H52N5O5P.H3N/c1-3-4-5-6-7-8-9-10-11-12-13-14-15-16-17-18-35-19-20-36-28(38-39-34)37-24(2)21-33-23-32-25-26(29)30-22-31-27(25)33;/h22-24,28H,3-21,39H2,1-2H3,(H2,29,30,31);1H3/t24-,28?;/m1./s1. The summed E-state index contributed by atoms with van der Waals surface area (Å²) in [6.45, 7) is 5.02. The van der Waals surface area contributed by atoms with Crippen molar-refractivity contribution in [2.45, 2.75) is 129 Å². The number of imidazole rings is 1. The van der Waals surface area contributed by atoms with Crippen molar-refractivity contribution in [3.8, 4) is 0 Å². The van der Waals surface area contributed by atoms with Crippen LogP contribution in [0, 0.1) is 0 Å². The Balaban J connectivity index is 0.00000800. The molecule has 0 bridgehead atoms. The normalized spacial score (nSPS) is 13.2. The molecule has 12 heteroatoms. The highest BCUT2D eigenvalue weighted by atomic mass is 31.1. The zero-order chi connectivity index (χ0) is 28.0. The van der Waals surface area contributed by atoms with Crippen LogP contribution in [0.25, 0.3) is 11.2 Å². The van der Waals surface area contributed by atoms with Crippen molar-refractivity contribution in [3.63, 3.8) is 0 Å². The Labute approximate surface area is 242 Å². The molecular formula is C28H55N6O5P. The van der Waals surface area contributed by atoms with Crippen LogP contribution >= 0.6 is 8.69 Å². The molecule has 232 valence electrons. The highest BCUT2D eigenvalue weighted by molar-refractivity contribution is 7.17. The maximum absolute atomic E-state index is 11.1. The molecule has 0 amide bonds. The minimum absolute atomic E-state index is 0. The number of hydrogen-bond donors (Lipinski definition) is 2. The fraction of sp³-hybridized carbons (Fsp3) is 0.821. The van der Waals surface area contributed by atoms with Gasteiger partial charge in [-0.2, -0.15) is 0 Å². The molecule has 0 radical (unpaired) electrons. The van der Waals surface area contributed by atoms with E-state index in [1.165, 1.54) is 96.2 Å². The lowest BCUT2D eigenvalue weighted by Crippen LogP contribution is -2.27. The number of anilines is 1. The van der Waals surface area contributed by atoms with Crippen LogP contribution in [0.5, 0.6) is 0 Å². The number of nitrogen functional groups attached to an aromatic ring is 1. The number of rotatable bonds is 26. The van der Waals surface area contributed by atoms with E-state index in [0.29, 0.717) is 36.7 Å². The second kappa shape index (κ2) is 24.0. The van der Waals surface area contributed by atoms with Gasteiger partial charge in [0.15, 0.2) is 20.2 Å². The number of ether oxygens (including phenoxy) is 3. The molecule has 2 unspecified atom stereocenters. The Hall–Kier alpha value is -1.62. The number of fused-ring (bicyclic) bond motifs is 1. The highest BCUT2D eigenvalue weighted by Gasteiger charge is 2.17. The Kier molecular flexibility index (Phi) is 21.9. The summed E-state index contributed by atoms with van der Waals surface area (Å²) < 4.78 is 35.1. The minimum atomic E-state index is -1.47. The first-order chi connectivity index (χ1) is 19.2. The van der Waals surface area contributed by atoms with Crippen LogP contribution < -0.4 is 11.9 Å². The fourth-order valence-electron chi connectivity index (χ4n) is 4.58.